The SMILES string of the molecule is N#Cc1cnc2[nH]cc(C(=O)c3ccc(Oc4cccc(F)c4)cc3Cl)c2c1N[C@@H]1CC[C@@H](CO)OC1. The van der Waals surface area contributed by atoms with E-state index in [1.165, 1.54) is 36.5 Å². The second kappa shape index (κ2) is 10.6. The Bertz CT molecular complexity index is 1510. The number of nitriles is 1. The number of halogens is 2. The largest absolute Gasteiger partial charge is 0.457 e. The standard InChI is InChI=1S/C27H22ClFN4O4/c28-23-9-19(37-18-3-1-2-16(29)8-18)6-7-21(23)26(35)22-12-32-27-24(22)25(15(10-30)11-31-27)33-17-4-5-20(13-34)36-14-17/h1-3,6-9,11-12,17,20,34H,4-5,13-14H2,(H2,31,32,33)/t17-,20+/m1/s1. The van der Waals surface area contributed by atoms with Crippen LogP contribution in [0.5, 0.6) is 11.5 Å². The number of anilines is 1. The molecule has 188 valence electrons. The molecule has 0 spiro atoms. The number of hydrogen-bond donors (Lipinski definition) is 3. The summed E-state index contributed by atoms with van der Waals surface area (Å²) >= 11 is 6.47. The van der Waals surface area contributed by atoms with E-state index in [2.05, 4.69) is 21.4 Å². The zero-order chi connectivity index (χ0) is 25.9. The average molecular weight is 521 g/mol. The number of aromatic nitrogens is 2. The number of rotatable bonds is 7. The Balaban J connectivity index is 1.46. The lowest BCUT2D eigenvalue weighted by molar-refractivity contribution is -0.0223. The lowest BCUT2D eigenvalue weighted by atomic mass is 10.00. The molecule has 8 nitrogen and oxygen atoms in total. The maximum atomic E-state index is 13.6. The summed E-state index contributed by atoms with van der Waals surface area (Å²) in [6.07, 6.45) is 4.18. The monoisotopic (exact) mass is 520 g/mol. The fourth-order valence-corrected chi connectivity index (χ4v) is 4.59. The van der Waals surface area contributed by atoms with Gasteiger partial charge in [-0.05, 0) is 37.1 Å². The van der Waals surface area contributed by atoms with Gasteiger partial charge < -0.3 is 24.9 Å². The fraction of sp³-hybridized carbons (Fsp3) is 0.222. The van der Waals surface area contributed by atoms with Gasteiger partial charge in [0.15, 0.2) is 5.78 Å². The van der Waals surface area contributed by atoms with E-state index in [0.717, 1.165) is 6.42 Å². The van der Waals surface area contributed by atoms with Crippen LogP contribution in [0.25, 0.3) is 11.0 Å². The van der Waals surface area contributed by atoms with Crippen LogP contribution in [0, 0.1) is 17.1 Å². The molecule has 5 rings (SSSR count). The number of ketones is 1. The molecule has 37 heavy (non-hydrogen) atoms. The Hall–Kier alpha value is -3.97. The number of ether oxygens (including phenoxy) is 2. The molecule has 1 fully saturated rings. The van der Waals surface area contributed by atoms with Gasteiger partial charge in [0.2, 0.25) is 0 Å². The van der Waals surface area contributed by atoms with E-state index in [-0.39, 0.29) is 40.7 Å². The third kappa shape index (κ3) is 5.13. The van der Waals surface area contributed by atoms with Gasteiger partial charge >= 0.3 is 0 Å². The van der Waals surface area contributed by atoms with Crippen molar-refractivity contribution in [2.45, 2.75) is 25.0 Å². The van der Waals surface area contributed by atoms with Gasteiger partial charge in [-0.25, -0.2) is 9.37 Å². The Kier molecular flexibility index (Phi) is 7.06. The molecule has 2 aromatic carbocycles. The highest BCUT2D eigenvalue weighted by atomic mass is 35.5. The number of nitrogens with one attached hydrogen (secondary N) is 2. The molecule has 1 saturated heterocycles. The van der Waals surface area contributed by atoms with Gasteiger partial charge in [-0.15, -0.1) is 0 Å². The first kappa shape index (κ1) is 24.7. The van der Waals surface area contributed by atoms with Crippen LogP contribution in [0.15, 0.2) is 54.9 Å². The third-order valence-electron chi connectivity index (χ3n) is 6.21. The second-order valence-corrected chi connectivity index (χ2v) is 9.08. The predicted octanol–water partition coefficient (Wildman–Crippen LogP) is 5.20. The molecule has 0 unspecified atom stereocenters. The highest BCUT2D eigenvalue weighted by Crippen LogP contribution is 2.34. The first-order valence-electron chi connectivity index (χ1n) is 11.6. The maximum Gasteiger partial charge on any atom is 0.196 e. The van der Waals surface area contributed by atoms with Gasteiger partial charge in [-0.3, -0.25) is 4.79 Å². The van der Waals surface area contributed by atoms with Crippen LogP contribution in [0.3, 0.4) is 0 Å². The van der Waals surface area contributed by atoms with E-state index in [4.69, 9.17) is 21.1 Å². The number of hydrogen-bond acceptors (Lipinski definition) is 7. The molecule has 0 aliphatic carbocycles. The molecule has 0 radical (unpaired) electrons. The molecule has 1 aliphatic rings. The number of carbonyl (C=O) groups is 1. The van der Waals surface area contributed by atoms with Crippen molar-refractivity contribution < 1.29 is 23.8 Å². The number of aliphatic hydroxyl groups is 1. The Morgan fingerprint density at radius 2 is 2.11 bits per heavy atom. The van der Waals surface area contributed by atoms with E-state index < -0.39 is 5.82 Å². The number of aromatic amines is 1. The molecule has 4 aromatic rings. The van der Waals surface area contributed by atoms with Crippen LogP contribution in [-0.4, -0.2) is 46.2 Å². The van der Waals surface area contributed by atoms with Crippen molar-refractivity contribution >= 4 is 34.1 Å². The van der Waals surface area contributed by atoms with E-state index in [1.807, 2.05) is 0 Å². The Labute approximate surface area is 216 Å². The summed E-state index contributed by atoms with van der Waals surface area (Å²) in [6, 6.07) is 12.3. The molecule has 2 atom stereocenters. The van der Waals surface area contributed by atoms with Crippen LogP contribution < -0.4 is 10.1 Å². The van der Waals surface area contributed by atoms with E-state index >= 15 is 0 Å². The van der Waals surface area contributed by atoms with Crippen LogP contribution in [-0.2, 0) is 4.74 Å². The number of H-pyrrole nitrogens is 1. The highest BCUT2D eigenvalue weighted by molar-refractivity contribution is 6.36. The van der Waals surface area contributed by atoms with Crippen LogP contribution in [0.2, 0.25) is 5.02 Å². The summed E-state index contributed by atoms with van der Waals surface area (Å²) < 4.78 is 24.8. The number of carbonyl (C=O) groups excluding carboxylic acids is 1. The third-order valence-corrected chi connectivity index (χ3v) is 6.52. The smallest absolute Gasteiger partial charge is 0.196 e. The predicted molar refractivity (Wildman–Crippen MR) is 136 cm³/mol. The van der Waals surface area contributed by atoms with Crippen molar-refractivity contribution in [3.63, 3.8) is 0 Å². The minimum absolute atomic E-state index is 0.0427. The minimum atomic E-state index is -0.433. The van der Waals surface area contributed by atoms with Crippen LogP contribution >= 0.6 is 11.6 Å². The fourth-order valence-electron chi connectivity index (χ4n) is 4.33. The van der Waals surface area contributed by atoms with Crippen molar-refractivity contribution in [2.24, 2.45) is 0 Å². The molecule has 0 saturated carbocycles. The summed E-state index contributed by atoms with van der Waals surface area (Å²) in [6.45, 7) is 0.311. The molecule has 0 amide bonds. The first-order valence-corrected chi connectivity index (χ1v) is 12.0. The molecular weight excluding hydrogens is 499 g/mol. The van der Waals surface area contributed by atoms with E-state index in [0.29, 0.717) is 46.8 Å². The molecule has 10 heteroatoms. The quantitative estimate of drug-likeness (QED) is 0.286. The summed E-state index contributed by atoms with van der Waals surface area (Å²) in [7, 11) is 0. The molecule has 3 N–H and O–H groups in total. The minimum Gasteiger partial charge on any atom is -0.457 e. The Morgan fingerprint density at radius 1 is 1.27 bits per heavy atom. The van der Waals surface area contributed by atoms with Gasteiger partial charge in [0.05, 0.1) is 46.5 Å². The highest BCUT2D eigenvalue weighted by Gasteiger charge is 2.26. The number of aliphatic hydroxyl groups excluding tert-OH is 1. The van der Waals surface area contributed by atoms with Gasteiger partial charge in [0.1, 0.15) is 29.0 Å². The number of benzene rings is 2. The van der Waals surface area contributed by atoms with E-state index in [9.17, 15) is 19.6 Å². The summed E-state index contributed by atoms with van der Waals surface area (Å²) in [5.41, 5.74) is 1.74. The molecular formula is C27H22ClFN4O4. The van der Waals surface area contributed by atoms with Gasteiger partial charge in [0.25, 0.3) is 0 Å². The lowest BCUT2D eigenvalue weighted by Crippen LogP contribution is -2.36. The van der Waals surface area contributed by atoms with Crippen molar-refractivity contribution in [3.05, 3.63) is 82.4 Å². The second-order valence-electron chi connectivity index (χ2n) is 8.67. The summed E-state index contributed by atoms with van der Waals surface area (Å²) in [4.78, 5) is 20.9. The zero-order valence-electron chi connectivity index (χ0n) is 19.5. The molecule has 1 aliphatic heterocycles. The van der Waals surface area contributed by atoms with Gasteiger partial charge in [-0.2, -0.15) is 5.26 Å². The van der Waals surface area contributed by atoms with E-state index in [1.54, 1.807) is 18.3 Å². The average Bonchev–Trinajstić information content (AvgIpc) is 3.34. The zero-order valence-corrected chi connectivity index (χ0v) is 20.3. The van der Waals surface area contributed by atoms with Crippen molar-refractivity contribution in [2.75, 3.05) is 18.5 Å². The normalized spacial score (nSPS) is 17.4. The molecule has 3 heterocycles. The first-order chi connectivity index (χ1) is 18.0. The lowest BCUT2D eigenvalue weighted by Gasteiger charge is -2.29. The van der Waals surface area contributed by atoms with Crippen molar-refractivity contribution in [1.29, 1.82) is 5.26 Å². The van der Waals surface area contributed by atoms with Crippen molar-refractivity contribution in [3.8, 4) is 17.6 Å². The summed E-state index contributed by atoms with van der Waals surface area (Å²) in [5, 5.41) is 23.0. The number of fused-ring (bicyclic) bond motifs is 1. The Morgan fingerprint density at radius 3 is 2.81 bits per heavy atom. The topological polar surface area (TPSA) is 120 Å². The number of pyridine rings is 1. The maximum absolute atomic E-state index is 13.6. The summed E-state index contributed by atoms with van der Waals surface area (Å²) in [5.74, 6) is -0.152. The molecule has 0 bridgehead atoms. The van der Waals surface area contributed by atoms with Crippen LogP contribution in [0.1, 0.15) is 34.3 Å². The van der Waals surface area contributed by atoms with Crippen LogP contribution in [0.4, 0.5) is 10.1 Å². The number of nitrogens with zero attached hydrogens (tertiary/aromatic N) is 2. The van der Waals surface area contributed by atoms with Crippen molar-refractivity contribution in [1.82, 2.24) is 9.97 Å². The van der Waals surface area contributed by atoms with Gasteiger partial charge in [-0.1, -0.05) is 17.7 Å². The molecule has 2 aromatic heterocycles. The van der Waals surface area contributed by atoms with Gasteiger partial charge in [0, 0.05) is 36.1 Å².